The molecule has 0 unspecified atom stereocenters. The third-order valence-electron chi connectivity index (χ3n) is 2.92. The van der Waals surface area contributed by atoms with E-state index in [0.29, 0.717) is 35.3 Å². The Morgan fingerprint density at radius 3 is 2.76 bits per heavy atom. The number of carbonyl (C=O) groups excluding carboxylic acids is 1. The molecule has 112 valence electrons. The van der Waals surface area contributed by atoms with Gasteiger partial charge in [-0.25, -0.2) is 0 Å². The van der Waals surface area contributed by atoms with E-state index in [4.69, 9.17) is 10.5 Å². The van der Waals surface area contributed by atoms with Gasteiger partial charge in [0.2, 0.25) is 0 Å². The van der Waals surface area contributed by atoms with Crippen molar-refractivity contribution in [1.29, 1.82) is 0 Å². The Kier molecular flexibility index (Phi) is 4.47. The summed E-state index contributed by atoms with van der Waals surface area (Å²) in [5.41, 5.74) is 7.62. The highest BCUT2D eigenvalue weighted by Gasteiger charge is 2.17. The molecule has 0 spiro atoms. The van der Waals surface area contributed by atoms with Gasteiger partial charge in [0.25, 0.3) is 5.91 Å². The molecule has 0 radical (unpaired) electrons. The predicted molar refractivity (Wildman–Crippen MR) is 82.5 cm³/mol. The fourth-order valence-corrected chi connectivity index (χ4v) is 1.74. The largest absolute Gasteiger partial charge is 0.491 e. The number of carbonyl (C=O) groups is 1. The quantitative estimate of drug-likeness (QED) is 0.788. The molecular formula is C15H20N4O2. The van der Waals surface area contributed by atoms with E-state index in [0.717, 1.165) is 0 Å². The first-order chi connectivity index (χ1) is 9.99. The van der Waals surface area contributed by atoms with Crippen LogP contribution in [0.5, 0.6) is 5.75 Å². The molecule has 0 atom stereocenters. The second-order valence-electron chi connectivity index (χ2n) is 5.27. The number of para-hydroxylation sites is 2. The first-order valence-corrected chi connectivity index (χ1v) is 6.82. The second-order valence-corrected chi connectivity index (χ2v) is 5.27. The number of amides is 1. The van der Waals surface area contributed by atoms with Gasteiger partial charge in [-0.05, 0) is 25.0 Å². The normalized spacial score (nSPS) is 10.7. The highest BCUT2D eigenvalue weighted by molar-refractivity contribution is 6.07. The maximum Gasteiger partial charge on any atom is 0.278 e. The van der Waals surface area contributed by atoms with Gasteiger partial charge in [-0.1, -0.05) is 26.0 Å². The minimum Gasteiger partial charge on any atom is -0.491 e. The van der Waals surface area contributed by atoms with E-state index in [1.807, 2.05) is 18.2 Å². The van der Waals surface area contributed by atoms with E-state index in [1.165, 1.54) is 0 Å². The summed E-state index contributed by atoms with van der Waals surface area (Å²) in [6, 6.07) is 7.29. The van der Waals surface area contributed by atoms with Crippen molar-refractivity contribution in [2.45, 2.75) is 20.8 Å². The Morgan fingerprint density at radius 2 is 2.14 bits per heavy atom. The van der Waals surface area contributed by atoms with Crippen LogP contribution < -0.4 is 15.8 Å². The van der Waals surface area contributed by atoms with Crippen LogP contribution in [0.25, 0.3) is 0 Å². The maximum atomic E-state index is 12.2. The van der Waals surface area contributed by atoms with Crippen LogP contribution in [0.15, 0.2) is 24.3 Å². The molecule has 0 aliphatic heterocycles. The van der Waals surface area contributed by atoms with Gasteiger partial charge in [0.15, 0.2) is 5.69 Å². The molecule has 4 N–H and O–H groups in total. The Morgan fingerprint density at radius 1 is 1.43 bits per heavy atom. The molecule has 0 aliphatic carbocycles. The van der Waals surface area contributed by atoms with Gasteiger partial charge >= 0.3 is 0 Å². The standard InChI is InChI=1S/C15H20N4O2/c1-9(2)8-21-12-7-5-4-6-11(12)17-15(20)14-13(16)10(3)18-19-14/h4-7,9H,8,16H2,1-3H3,(H,17,20)(H,18,19). The highest BCUT2D eigenvalue weighted by Crippen LogP contribution is 2.25. The predicted octanol–water partition coefficient (Wildman–Crippen LogP) is 2.59. The number of rotatable bonds is 5. The summed E-state index contributed by atoms with van der Waals surface area (Å²) in [4.78, 5) is 12.2. The number of anilines is 2. The molecule has 6 heteroatoms. The number of hydrogen-bond acceptors (Lipinski definition) is 4. The molecule has 1 amide bonds. The van der Waals surface area contributed by atoms with Crippen LogP contribution in [0.1, 0.15) is 30.0 Å². The van der Waals surface area contributed by atoms with Gasteiger partial charge in [0.05, 0.1) is 23.7 Å². The van der Waals surface area contributed by atoms with Gasteiger partial charge in [-0.15, -0.1) is 0 Å². The first kappa shape index (κ1) is 14.9. The number of nitrogens with one attached hydrogen (secondary N) is 2. The smallest absolute Gasteiger partial charge is 0.278 e. The van der Waals surface area contributed by atoms with E-state index in [9.17, 15) is 4.79 Å². The summed E-state index contributed by atoms with van der Waals surface area (Å²) < 4.78 is 5.70. The van der Waals surface area contributed by atoms with Gasteiger partial charge in [0.1, 0.15) is 5.75 Å². The van der Waals surface area contributed by atoms with Gasteiger partial charge < -0.3 is 15.8 Å². The van der Waals surface area contributed by atoms with E-state index in [1.54, 1.807) is 13.0 Å². The molecule has 6 nitrogen and oxygen atoms in total. The third kappa shape index (κ3) is 3.53. The average Bonchev–Trinajstić information content (AvgIpc) is 2.78. The van der Waals surface area contributed by atoms with Crippen LogP contribution in [0.3, 0.4) is 0 Å². The van der Waals surface area contributed by atoms with Crippen LogP contribution in [0.2, 0.25) is 0 Å². The fraction of sp³-hybridized carbons (Fsp3) is 0.333. The zero-order chi connectivity index (χ0) is 15.4. The zero-order valence-corrected chi connectivity index (χ0v) is 12.4. The molecule has 0 saturated heterocycles. The number of aryl methyl sites for hydroxylation is 1. The third-order valence-corrected chi connectivity index (χ3v) is 2.92. The summed E-state index contributed by atoms with van der Waals surface area (Å²) in [6.07, 6.45) is 0. The van der Waals surface area contributed by atoms with Crippen LogP contribution in [0.4, 0.5) is 11.4 Å². The lowest BCUT2D eigenvalue weighted by Crippen LogP contribution is -2.15. The summed E-state index contributed by atoms with van der Waals surface area (Å²) in [5, 5.41) is 9.38. The van der Waals surface area contributed by atoms with Crippen molar-refractivity contribution < 1.29 is 9.53 Å². The maximum absolute atomic E-state index is 12.2. The molecule has 1 aromatic heterocycles. The summed E-state index contributed by atoms with van der Waals surface area (Å²) >= 11 is 0. The average molecular weight is 288 g/mol. The SMILES string of the molecule is Cc1[nH]nc(C(=O)Nc2ccccc2OCC(C)C)c1N. The summed E-state index contributed by atoms with van der Waals surface area (Å²) in [5.74, 6) is 0.668. The lowest BCUT2D eigenvalue weighted by molar-refractivity contribution is 0.102. The molecule has 1 heterocycles. The van der Waals surface area contributed by atoms with Gasteiger partial charge in [-0.2, -0.15) is 5.10 Å². The summed E-state index contributed by atoms with van der Waals surface area (Å²) in [7, 11) is 0. The Labute approximate surface area is 123 Å². The fourth-order valence-electron chi connectivity index (χ4n) is 1.74. The van der Waals surface area contributed by atoms with Crippen LogP contribution >= 0.6 is 0 Å². The van der Waals surface area contributed by atoms with Crippen LogP contribution in [-0.4, -0.2) is 22.7 Å². The Bertz CT molecular complexity index is 634. The van der Waals surface area contributed by atoms with E-state index in [2.05, 4.69) is 29.4 Å². The van der Waals surface area contributed by atoms with Crippen molar-refractivity contribution in [2.24, 2.45) is 5.92 Å². The van der Waals surface area contributed by atoms with Crippen molar-refractivity contribution >= 4 is 17.3 Å². The minimum absolute atomic E-state index is 0.186. The molecule has 0 bridgehead atoms. The van der Waals surface area contributed by atoms with Crippen molar-refractivity contribution in [2.75, 3.05) is 17.7 Å². The van der Waals surface area contributed by atoms with Gasteiger partial charge in [-0.3, -0.25) is 9.89 Å². The van der Waals surface area contributed by atoms with E-state index < -0.39 is 0 Å². The molecule has 21 heavy (non-hydrogen) atoms. The Hall–Kier alpha value is -2.50. The van der Waals surface area contributed by atoms with Crippen molar-refractivity contribution in [3.8, 4) is 5.75 Å². The Balaban J connectivity index is 2.15. The van der Waals surface area contributed by atoms with Crippen LogP contribution in [0, 0.1) is 12.8 Å². The number of hydrogen-bond donors (Lipinski definition) is 3. The molecule has 1 aromatic carbocycles. The number of aromatic nitrogens is 2. The number of aromatic amines is 1. The van der Waals surface area contributed by atoms with Crippen molar-refractivity contribution in [1.82, 2.24) is 10.2 Å². The van der Waals surface area contributed by atoms with E-state index >= 15 is 0 Å². The molecule has 2 rings (SSSR count). The molecular weight excluding hydrogens is 268 g/mol. The van der Waals surface area contributed by atoms with Crippen molar-refractivity contribution in [3.63, 3.8) is 0 Å². The molecule has 2 aromatic rings. The topological polar surface area (TPSA) is 93.0 Å². The molecule has 0 saturated carbocycles. The second kappa shape index (κ2) is 6.30. The highest BCUT2D eigenvalue weighted by atomic mass is 16.5. The van der Waals surface area contributed by atoms with Gasteiger partial charge in [0, 0.05) is 0 Å². The number of nitrogens with two attached hydrogens (primary N) is 1. The van der Waals surface area contributed by atoms with Crippen LogP contribution in [-0.2, 0) is 0 Å². The zero-order valence-electron chi connectivity index (χ0n) is 12.4. The monoisotopic (exact) mass is 288 g/mol. The number of nitrogens with zero attached hydrogens (tertiary/aromatic N) is 1. The van der Waals surface area contributed by atoms with E-state index in [-0.39, 0.29) is 11.6 Å². The number of ether oxygens (including phenoxy) is 1. The molecule has 0 aliphatic rings. The number of benzene rings is 1. The summed E-state index contributed by atoms with van der Waals surface area (Å²) in [6.45, 7) is 6.47. The lowest BCUT2D eigenvalue weighted by Gasteiger charge is -2.13. The lowest BCUT2D eigenvalue weighted by atomic mass is 10.2. The number of H-pyrrole nitrogens is 1. The molecule has 0 fully saturated rings. The number of nitrogen functional groups attached to an aromatic ring is 1. The van der Waals surface area contributed by atoms with Crippen molar-refractivity contribution in [3.05, 3.63) is 35.7 Å². The first-order valence-electron chi connectivity index (χ1n) is 6.82. The minimum atomic E-state index is -0.363.